The highest BCUT2D eigenvalue weighted by Gasteiger charge is 2.12. The van der Waals surface area contributed by atoms with Crippen molar-refractivity contribution in [3.05, 3.63) is 39.9 Å². The third kappa shape index (κ3) is 6.42. The molecule has 20 heavy (non-hydrogen) atoms. The number of rotatable bonds is 5. The van der Waals surface area contributed by atoms with Crippen LogP contribution in [0, 0.1) is 10.1 Å². The molecule has 0 bridgehead atoms. The molecule has 0 saturated carbocycles. The summed E-state index contributed by atoms with van der Waals surface area (Å²) < 4.78 is 4.66. The number of nitro benzene ring substituents is 1. The number of aliphatic hydroxyl groups excluding tert-OH is 2. The van der Waals surface area contributed by atoms with Gasteiger partial charge in [0.15, 0.2) is 0 Å². The van der Waals surface area contributed by atoms with Crippen LogP contribution in [0.2, 0.25) is 0 Å². The lowest BCUT2D eigenvalue weighted by atomic mass is 10.2. The Morgan fingerprint density at radius 2 is 1.90 bits per heavy atom. The average Bonchev–Trinajstić information content (AvgIpc) is 2.45. The predicted molar refractivity (Wildman–Crippen MR) is 65.2 cm³/mol. The first kappa shape index (κ1) is 17.5. The van der Waals surface area contributed by atoms with Crippen molar-refractivity contribution in [2.45, 2.75) is 6.10 Å². The minimum atomic E-state index is -1.13. The average molecular weight is 287 g/mol. The highest BCUT2D eigenvalue weighted by molar-refractivity contribution is 5.89. The van der Waals surface area contributed by atoms with E-state index in [0.717, 1.165) is 0 Å². The highest BCUT2D eigenvalue weighted by atomic mass is 16.6. The number of ether oxygens (including phenoxy) is 1. The minimum absolute atomic E-state index is 0.128. The number of aliphatic hydroxyl groups is 2. The number of carboxylic acid groups (broad SMARTS) is 1. The molecular formula is C11H13NO8. The molecule has 1 rings (SSSR count). The van der Waals surface area contributed by atoms with Gasteiger partial charge in [-0.25, -0.2) is 4.79 Å². The summed E-state index contributed by atoms with van der Waals surface area (Å²) in [6, 6.07) is 4.87. The van der Waals surface area contributed by atoms with Crippen molar-refractivity contribution in [2.75, 3.05) is 13.2 Å². The number of nitro groups is 1. The summed E-state index contributed by atoms with van der Waals surface area (Å²) in [4.78, 5) is 29.5. The second-order valence-electron chi connectivity index (χ2n) is 3.34. The van der Waals surface area contributed by atoms with Gasteiger partial charge in [-0.3, -0.25) is 14.9 Å². The molecule has 1 unspecified atom stereocenters. The SMILES string of the molecule is O=C(OCC(O)CO)c1ccc([N+](=O)[O-])cc1.O=CO. The van der Waals surface area contributed by atoms with Gasteiger partial charge in [-0.2, -0.15) is 0 Å². The zero-order valence-corrected chi connectivity index (χ0v) is 10.2. The Labute approximate surface area is 113 Å². The molecule has 0 radical (unpaired) electrons. The zero-order valence-electron chi connectivity index (χ0n) is 10.2. The van der Waals surface area contributed by atoms with Crippen LogP contribution in [-0.2, 0) is 9.53 Å². The number of carbonyl (C=O) groups is 2. The second kappa shape index (κ2) is 9.42. The van der Waals surface area contributed by atoms with E-state index in [2.05, 4.69) is 4.74 Å². The summed E-state index contributed by atoms with van der Waals surface area (Å²) in [7, 11) is 0. The fraction of sp³-hybridized carbons (Fsp3) is 0.273. The number of hydrogen-bond donors (Lipinski definition) is 3. The monoisotopic (exact) mass is 287 g/mol. The molecular weight excluding hydrogens is 274 g/mol. The number of hydrogen-bond acceptors (Lipinski definition) is 7. The van der Waals surface area contributed by atoms with Gasteiger partial charge in [0, 0.05) is 12.1 Å². The maximum Gasteiger partial charge on any atom is 0.338 e. The molecule has 0 aliphatic rings. The second-order valence-corrected chi connectivity index (χ2v) is 3.34. The molecule has 0 aliphatic heterocycles. The van der Waals surface area contributed by atoms with Gasteiger partial charge in [-0.15, -0.1) is 0 Å². The van der Waals surface area contributed by atoms with Gasteiger partial charge in [0.05, 0.1) is 17.1 Å². The van der Waals surface area contributed by atoms with E-state index in [9.17, 15) is 14.9 Å². The van der Waals surface area contributed by atoms with Crippen molar-refractivity contribution in [2.24, 2.45) is 0 Å². The van der Waals surface area contributed by atoms with Gasteiger partial charge in [0.25, 0.3) is 12.2 Å². The van der Waals surface area contributed by atoms with Crippen LogP contribution in [0.15, 0.2) is 24.3 Å². The molecule has 9 nitrogen and oxygen atoms in total. The molecule has 0 saturated heterocycles. The van der Waals surface area contributed by atoms with Crippen molar-refractivity contribution in [1.82, 2.24) is 0 Å². The first-order valence-electron chi connectivity index (χ1n) is 5.24. The number of non-ortho nitro benzene ring substituents is 1. The molecule has 0 aliphatic carbocycles. The number of carbonyl (C=O) groups excluding carboxylic acids is 1. The molecule has 110 valence electrons. The molecule has 3 N–H and O–H groups in total. The standard InChI is InChI=1S/C10H11NO6.CH2O2/c12-5-9(13)6-17-10(14)7-1-3-8(4-2-7)11(15)16;2-1-3/h1-4,9,12-13H,5-6H2;1H,(H,2,3). The van der Waals surface area contributed by atoms with Crippen molar-refractivity contribution >= 4 is 18.1 Å². The van der Waals surface area contributed by atoms with Crippen LogP contribution in [0.4, 0.5) is 5.69 Å². The summed E-state index contributed by atoms with van der Waals surface area (Å²) in [6.07, 6.45) is -1.13. The van der Waals surface area contributed by atoms with Gasteiger partial charge in [-0.05, 0) is 12.1 Å². The van der Waals surface area contributed by atoms with Crippen LogP contribution < -0.4 is 0 Å². The molecule has 0 heterocycles. The Hall–Kier alpha value is -2.52. The normalized spacial score (nSPS) is 10.7. The quantitative estimate of drug-likeness (QED) is 0.292. The van der Waals surface area contributed by atoms with Crippen LogP contribution in [0.3, 0.4) is 0 Å². The van der Waals surface area contributed by atoms with Crippen LogP contribution >= 0.6 is 0 Å². The van der Waals surface area contributed by atoms with E-state index < -0.39 is 23.6 Å². The molecule has 0 spiro atoms. The molecule has 9 heteroatoms. The summed E-state index contributed by atoms with van der Waals surface area (Å²) in [5, 5.41) is 34.7. The van der Waals surface area contributed by atoms with Crippen molar-refractivity contribution in [1.29, 1.82) is 0 Å². The van der Waals surface area contributed by atoms with Crippen LogP contribution in [0.5, 0.6) is 0 Å². The summed E-state index contributed by atoms with van der Waals surface area (Å²) in [5.74, 6) is -0.715. The Bertz CT molecular complexity index is 444. The van der Waals surface area contributed by atoms with E-state index in [1.54, 1.807) is 0 Å². The van der Waals surface area contributed by atoms with E-state index in [0.29, 0.717) is 0 Å². The summed E-state index contributed by atoms with van der Waals surface area (Å²) in [6.45, 7) is -1.08. The van der Waals surface area contributed by atoms with Gasteiger partial charge in [0.2, 0.25) is 0 Å². The summed E-state index contributed by atoms with van der Waals surface area (Å²) >= 11 is 0. The van der Waals surface area contributed by atoms with E-state index >= 15 is 0 Å². The number of nitrogens with zero attached hydrogens (tertiary/aromatic N) is 1. The van der Waals surface area contributed by atoms with Crippen molar-refractivity contribution in [3.63, 3.8) is 0 Å². The van der Waals surface area contributed by atoms with E-state index in [4.69, 9.17) is 20.1 Å². The largest absolute Gasteiger partial charge is 0.483 e. The smallest absolute Gasteiger partial charge is 0.338 e. The van der Waals surface area contributed by atoms with Gasteiger partial charge >= 0.3 is 5.97 Å². The molecule has 1 aromatic rings. The molecule has 0 fully saturated rings. The van der Waals surface area contributed by atoms with E-state index in [1.807, 2.05) is 0 Å². The van der Waals surface area contributed by atoms with Crippen LogP contribution in [0.25, 0.3) is 0 Å². The summed E-state index contributed by atoms with van der Waals surface area (Å²) in [5.41, 5.74) is 0.0117. The lowest BCUT2D eigenvalue weighted by molar-refractivity contribution is -0.384. The Kier molecular flexibility index (Phi) is 8.23. The molecule has 0 aromatic heterocycles. The lowest BCUT2D eigenvalue weighted by Crippen LogP contribution is -2.21. The van der Waals surface area contributed by atoms with Crippen LogP contribution in [-0.4, -0.2) is 52.0 Å². The van der Waals surface area contributed by atoms with E-state index in [1.165, 1.54) is 24.3 Å². The van der Waals surface area contributed by atoms with E-state index in [-0.39, 0.29) is 24.3 Å². The first-order chi connectivity index (χ1) is 9.46. The van der Waals surface area contributed by atoms with Crippen molar-refractivity contribution in [3.8, 4) is 0 Å². The maximum absolute atomic E-state index is 11.4. The minimum Gasteiger partial charge on any atom is -0.483 e. The molecule has 0 amide bonds. The fourth-order valence-corrected chi connectivity index (χ4v) is 1.03. The van der Waals surface area contributed by atoms with Gasteiger partial charge in [0.1, 0.15) is 12.7 Å². The fourth-order valence-electron chi connectivity index (χ4n) is 1.03. The molecule has 1 aromatic carbocycles. The van der Waals surface area contributed by atoms with Gasteiger partial charge in [-0.1, -0.05) is 0 Å². The Morgan fingerprint density at radius 1 is 1.40 bits per heavy atom. The Balaban J connectivity index is 0.00000110. The maximum atomic E-state index is 11.4. The number of benzene rings is 1. The third-order valence-electron chi connectivity index (χ3n) is 1.93. The number of esters is 1. The van der Waals surface area contributed by atoms with Crippen molar-refractivity contribution < 1.29 is 34.6 Å². The third-order valence-corrected chi connectivity index (χ3v) is 1.93. The lowest BCUT2D eigenvalue weighted by Gasteiger charge is -2.08. The van der Waals surface area contributed by atoms with Gasteiger partial charge < -0.3 is 20.1 Å². The predicted octanol–water partition coefficient (Wildman–Crippen LogP) is -0.194. The highest BCUT2D eigenvalue weighted by Crippen LogP contribution is 2.12. The topological polar surface area (TPSA) is 147 Å². The zero-order chi connectivity index (χ0) is 15.5. The van der Waals surface area contributed by atoms with Crippen LogP contribution in [0.1, 0.15) is 10.4 Å². The Morgan fingerprint density at radius 3 is 2.30 bits per heavy atom. The first-order valence-corrected chi connectivity index (χ1v) is 5.24. The molecule has 1 atom stereocenters.